The van der Waals surface area contributed by atoms with Crippen molar-refractivity contribution in [2.24, 2.45) is 11.7 Å². The Hall–Kier alpha value is -3.48. The smallest absolute Gasteiger partial charge is 0.0659 e. The zero-order chi connectivity index (χ0) is 18.8. The highest BCUT2D eigenvalue weighted by atomic mass is 15.0. The molecule has 0 atom stereocenters. The standard InChI is InChI=1S/C21H16N4.H4N2/c1-13-8-20-11-18-5-4-16(23-18)9-14-2-3-15(22-14)10-17-6-7-19(24-17)12-21(13)25-20;1-2/h2-12,23,25H,1H3;1-2H2. The lowest BCUT2D eigenvalue weighted by molar-refractivity contribution is 1.26. The SMILES string of the molecule is Cc1cc2cc3ccc(cc4nc(cc5nc(cc1[nH]2)C=C5)C=C4)[nH]3.NN. The molecule has 5 heterocycles. The number of fused-ring (bicyclic) bond motifs is 8. The Balaban J connectivity index is 0.000000872. The minimum atomic E-state index is 0.916. The van der Waals surface area contributed by atoms with Crippen LogP contribution in [-0.2, 0) is 0 Å². The van der Waals surface area contributed by atoms with E-state index in [1.54, 1.807) is 0 Å². The van der Waals surface area contributed by atoms with E-state index in [1.165, 1.54) is 5.56 Å². The summed E-state index contributed by atoms with van der Waals surface area (Å²) in [7, 11) is 0. The summed E-state index contributed by atoms with van der Waals surface area (Å²) in [5.41, 5.74) is 9.14. The number of rotatable bonds is 0. The predicted molar refractivity (Wildman–Crippen MR) is 112 cm³/mol. The van der Waals surface area contributed by atoms with Gasteiger partial charge in [-0.15, -0.1) is 0 Å². The summed E-state index contributed by atoms with van der Waals surface area (Å²) in [5, 5.41) is 0. The van der Waals surface area contributed by atoms with Crippen LogP contribution in [0.1, 0.15) is 28.3 Å². The van der Waals surface area contributed by atoms with Gasteiger partial charge in [-0.25, -0.2) is 9.97 Å². The summed E-state index contributed by atoms with van der Waals surface area (Å²) in [6.07, 6.45) is 8.08. The molecule has 2 aliphatic heterocycles. The van der Waals surface area contributed by atoms with Gasteiger partial charge in [-0.3, -0.25) is 11.7 Å². The Morgan fingerprint density at radius 3 is 1.85 bits per heavy atom. The van der Waals surface area contributed by atoms with Crippen molar-refractivity contribution in [1.82, 2.24) is 19.9 Å². The van der Waals surface area contributed by atoms with Gasteiger partial charge in [0.25, 0.3) is 0 Å². The van der Waals surface area contributed by atoms with E-state index in [0.29, 0.717) is 0 Å². The van der Waals surface area contributed by atoms with Crippen LogP contribution in [0.2, 0.25) is 0 Å². The van der Waals surface area contributed by atoms with Crippen LogP contribution < -0.4 is 11.7 Å². The van der Waals surface area contributed by atoms with E-state index in [2.05, 4.69) is 68.9 Å². The highest BCUT2D eigenvalue weighted by molar-refractivity contribution is 5.78. The first-order valence-electron chi connectivity index (χ1n) is 8.60. The van der Waals surface area contributed by atoms with Crippen LogP contribution in [0.15, 0.2) is 42.5 Å². The van der Waals surface area contributed by atoms with Crippen molar-refractivity contribution in [3.8, 4) is 0 Å². The molecule has 6 N–H and O–H groups in total. The molecule has 3 aromatic heterocycles. The molecule has 0 unspecified atom stereocenters. The fraction of sp³-hybridized carbons (Fsp3) is 0.0476. The molecule has 0 fully saturated rings. The number of aryl methyl sites for hydroxylation is 1. The van der Waals surface area contributed by atoms with E-state index in [1.807, 2.05) is 36.4 Å². The van der Waals surface area contributed by atoms with Gasteiger partial charge in [-0.2, -0.15) is 0 Å². The Morgan fingerprint density at radius 2 is 1.19 bits per heavy atom. The molecule has 0 saturated carbocycles. The minimum absolute atomic E-state index is 0.916. The molecular formula is C21H20N6. The second-order valence-electron chi connectivity index (χ2n) is 6.36. The van der Waals surface area contributed by atoms with Crippen molar-refractivity contribution in [1.29, 1.82) is 0 Å². The van der Waals surface area contributed by atoms with Crippen molar-refractivity contribution < 1.29 is 0 Å². The number of hydrazine groups is 1. The van der Waals surface area contributed by atoms with Crippen LogP contribution in [0.3, 0.4) is 0 Å². The van der Waals surface area contributed by atoms with Crippen LogP contribution in [0.4, 0.5) is 0 Å². The van der Waals surface area contributed by atoms with Gasteiger partial charge in [0.15, 0.2) is 0 Å². The van der Waals surface area contributed by atoms with Gasteiger partial charge < -0.3 is 9.97 Å². The van der Waals surface area contributed by atoms with Gasteiger partial charge in [-0.05, 0) is 79.3 Å². The minimum Gasteiger partial charge on any atom is -0.355 e. The Kier molecular flexibility index (Phi) is 4.42. The maximum atomic E-state index is 4.66. The zero-order valence-electron chi connectivity index (χ0n) is 14.9. The van der Waals surface area contributed by atoms with Gasteiger partial charge in [0.1, 0.15) is 0 Å². The molecule has 134 valence electrons. The molecule has 27 heavy (non-hydrogen) atoms. The van der Waals surface area contributed by atoms with Gasteiger partial charge in [0, 0.05) is 22.1 Å². The molecule has 6 heteroatoms. The quantitative estimate of drug-likeness (QED) is 0.250. The van der Waals surface area contributed by atoms with Gasteiger partial charge >= 0.3 is 0 Å². The number of hydrogen-bond donors (Lipinski definition) is 4. The molecule has 0 amide bonds. The maximum Gasteiger partial charge on any atom is 0.0659 e. The van der Waals surface area contributed by atoms with E-state index in [4.69, 9.17) is 0 Å². The summed E-state index contributed by atoms with van der Waals surface area (Å²) < 4.78 is 0. The predicted octanol–water partition coefficient (Wildman–Crippen LogP) is 3.78. The van der Waals surface area contributed by atoms with E-state index in [0.717, 1.165) is 44.8 Å². The van der Waals surface area contributed by atoms with Crippen molar-refractivity contribution >= 4 is 46.4 Å². The number of nitrogens with one attached hydrogen (secondary N) is 2. The number of aromatic amines is 2. The Morgan fingerprint density at radius 1 is 0.630 bits per heavy atom. The highest BCUT2D eigenvalue weighted by Crippen LogP contribution is 2.18. The van der Waals surface area contributed by atoms with Crippen LogP contribution >= 0.6 is 0 Å². The second-order valence-corrected chi connectivity index (χ2v) is 6.36. The summed E-state index contributed by atoms with van der Waals surface area (Å²) in [6, 6.07) is 14.5. The maximum absolute atomic E-state index is 4.66. The van der Waals surface area contributed by atoms with Crippen LogP contribution in [-0.4, -0.2) is 19.9 Å². The first-order chi connectivity index (χ1) is 13.2. The first kappa shape index (κ1) is 17.0. The summed E-state index contributed by atoms with van der Waals surface area (Å²) in [4.78, 5) is 16.2. The third-order valence-electron chi connectivity index (χ3n) is 4.38. The largest absolute Gasteiger partial charge is 0.355 e. The summed E-state index contributed by atoms with van der Waals surface area (Å²) in [5.74, 6) is 8.00. The molecule has 6 nitrogen and oxygen atoms in total. The third kappa shape index (κ3) is 3.57. The molecule has 5 rings (SSSR count). The number of hydrogen-bond acceptors (Lipinski definition) is 4. The molecular weight excluding hydrogens is 336 g/mol. The lowest BCUT2D eigenvalue weighted by Gasteiger charge is -1.87. The van der Waals surface area contributed by atoms with Crippen LogP contribution in [0.5, 0.6) is 0 Å². The van der Waals surface area contributed by atoms with Crippen molar-refractivity contribution in [2.45, 2.75) is 6.92 Å². The second kappa shape index (κ2) is 7.03. The number of nitrogens with zero attached hydrogens (tertiary/aromatic N) is 2. The molecule has 0 saturated heterocycles. The molecule has 0 radical (unpaired) electrons. The fourth-order valence-corrected chi connectivity index (χ4v) is 3.16. The average molecular weight is 356 g/mol. The highest BCUT2D eigenvalue weighted by Gasteiger charge is 2.03. The number of aromatic nitrogens is 4. The van der Waals surface area contributed by atoms with Gasteiger partial charge in [0.05, 0.1) is 22.8 Å². The lowest BCUT2D eigenvalue weighted by Crippen LogP contribution is -2.02. The van der Waals surface area contributed by atoms with Gasteiger partial charge in [-0.1, -0.05) is 0 Å². The molecule has 0 aromatic carbocycles. The Labute approximate surface area is 156 Å². The van der Waals surface area contributed by atoms with Crippen molar-refractivity contribution in [2.75, 3.05) is 0 Å². The van der Waals surface area contributed by atoms with E-state index < -0.39 is 0 Å². The van der Waals surface area contributed by atoms with Crippen LogP contribution in [0.25, 0.3) is 46.4 Å². The average Bonchev–Trinajstić information content (AvgIpc) is 3.43. The monoisotopic (exact) mass is 356 g/mol. The van der Waals surface area contributed by atoms with Crippen LogP contribution in [0, 0.1) is 6.92 Å². The van der Waals surface area contributed by atoms with Gasteiger partial charge in [0.2, 0.25) is 0 Å². The molecule has 0 spiro atoms. The molecule has 0 aliphatic carbocycles. The molecule has 3 aromatic rings. The summed E-state index contributed by atoms with van der Waals surface area (Å²) in [6.45, 7) is 2.10. The van der Waals surface area contributed by atoms with Crippen molar-refractivity contribution in [3.05, 3.63) is 70.8 Å². The van der Waals surface area contributed by atoms with Crippen molar-refractivity contribution in [3.63, 3.8) is 0 Å². The lowest BCUT2D eigenvalue weighted by atomic mass is 10.3. The zero-order valence-corrected chi connectivity index (χ0v) is 14.9. The Bertz CT molecular complexity index is 1210. The first-order valence-corrected chi connectivity index (χ1v) is 8.60. The summed E-state index contributed by atoms with van der Waals surface area (Å²) >= 11 is 0. The van der Waals surface area contributed by atoms with E-state index in [-0.39, 0.29) is 0 Å². The van der Waals surface area contributed by atoms with E-state index >= 15 is 0 Å². The molecule has 2 aliphatic rings. The topological polar surface area (TPSA) is 109 Å². The van der Waals surface area contributed by atoms with E-state index in [9.17, 15) is 0 Å². The third-order valence-corrected chi connectivity index (χ3v) is 4.38. The fourth-order valence-electron chi connectivity index (χ4n) is 3.16. The number of nitrogens with two attached hydrogens (primary N) is 2. The molecule has 8 bridgehead atoms. The normalized spacial score (nSPS) is 12.0. The number of H-pyrrole nitrogens is 2.